The number of carboxylic acids is 1. The minimum absolute atomic E-state index is 0.0394. The lowest BCUT2D eigenvalue weighted by atomic mass is 10.00. The molecule has 0 aliphatic carbocycles. The SMILES string of the molecule is CC(C)S(=O)(=O)Nc1cc(C(=O)O)ccc1-c1ccc(-c2sccc2NS(=O)(=O)C(C)C)cc1.CCCCCCCCCCNC. The summed E-state index contributed by atoms with van der Waals surface area (Å²) in [5, 5.41) is 13.0. The van der Waals surface area contributed by atoms with Crippen molar-refractivity contribution in [2.75, 3.05) is 23.0 Å². The molecule has 0 saturated heterocycles. The Kier molecular flexibility index (Phi) is 16.2. The van der Waals surface area contributed by atoms with Crippen molar-refractivity contribution in [3.05, 3.63) is 59.5 Å². The standard InChI is InChI=1S/C23H26N2O6S3.C11H25N/c1-14(2)33(28,29)24-20-11-12-32-22(20)17-7-5-16(6-8-17)19-10-9-18(23(26)27)13-21(19)25-34(30,31)15(3)4;1-3-4-5-6-7-8-9-10-11-12-2/h5-15,24-25H,1-4H3,(H,26,27);12H,3-11H2,1-2H3. The van der Waals surface area contributed by atoms with Crippen LogP contribution in [-0.2, 0) is 20.0 Å². The van der Waals surface area contributed by atoms with Gasteiger partial charge in [-0.2, -0.15) is 0 Å². The number of anilines is 2. The third-order valence-corrected chi connectivity index (χ3v) is 11.9. The van der Waals surface area contributed by atoms with Gasteiger partial charge in [-0.1, -0.05) is 82.2 Å². The predicted molar refractivity (Wildman–Crippen MR) is 194 cm³/mol. The van der Waals surface area contributed by atoms with Gasteiger partial charge in [0.15, 0.2) is 0 Å². The highest BCUT2D eigenvalue weighted by atomic mass is 32.2. The van der Waals surface area contributed by atoms with E-state index in [-0.39, 0.29) is 11.3 Å². The van der Waals surface area contributed by atoms with Gasteiger partial charge < -0.3 is 10.4 Å². The van der Waals surface area contributed by atoms with Gasteiger partial charge >= 0.3 is 5.97 Å². The summed E-state index contributed by atoms with van der Waals surface area (Å²) in [4.78, 5) is 12.2. The molecule has 3 rings (SSSR count). The first-order valence-electron chi connectivity index (χ1n) is 16.0. The molecule has 0 atom stereocenters. The Morgan fingerprint density at radius 1 is 0.739 bits per heavy atom. The fourth-order valence-electron chi connectivity index (χ4n) is 4.41. The number of carbonyl (C=O) groups is 1. The summed E-state index contributed by atoms with van der Waals surface area (Å²) in [5.74, 6) is -1.17. The molecule has 0 radical (unpaired) electrons. The largest absolute Gasteiger partial charge is 0.478 e. The van der Waals surface area contributed by atoms with Gasteiger partial charge in [-0.05, 0) is 82.4 Å². The van der Waals surface area contributed by atoms with Crippen LogP contribution < -0.4 is 14.8 Å². The Morgan fingerprint density at radius 3 is 1.78 bits per heavy atom. The third-order valence-electron chi connectivity index (χ3n) is 7.42. The van der Waals surface area contributed by atoms with Crippen LogP contribution in [0.15, 0.2) is 53.9 Å². The number of hydrogen-bond acceptors (Lipinski definition) is 7. The predicted octanol–water partition coefficient (Wildman–Crippen LogP) is 8.43. The van der Waals surface area contributed by atoms with Crippen molar-refractivity contribution in [1.82, 2.24) is 5.32 Å². The van der Waals surface area contributed by atoms with E-state index in [0.29, 0.717) is 16.8 Å². The maximum atomic E-state index is 12.5. The number of rotatable bonds is 18. The molecular formula is C34H51N3O6S3. The fraction of sp³-hybridized carbons (Fsp3) is 0.500. The minimum atomic E-state index is -3.70. The normalized spacial score (nSPS) is 11.7. The molecule has 1 heterocycles. The molecule has 0 unspecified atom stereocenters. The molecule has 46 heavy (non-hydrogen) atoms. The van der Waals surface area contributed by atoms with Gasteiger partial charge in [0.2, 0.25) is 20.0 Å². The topological polar surface area (TPSA) is 142 Å². The summed E-state index contributed by atoms with van der Waals surface area (Å²) < 4.78 is 54.6. The average Bonchev–Trinajstić information content (AvgIpc) is 3.46. The third kappa shape index (κ3) is 12.4. The van der Waals surface area contributed by atoms with Crippen LogP contribution in [0, 0.1) is 0 Å². The van der Waals surface area contributed by atoms with Gasteiger partial charge in [0, 0.05) is 5.56 Å². The van der Waals surface area contributed by atoms with Crippen LogP contribution in [0.2, 0.25) is 0 Å². The first-order chi connectivity index (χ1) is 21.7. The molecular weight excluding hydrogens is 643 g/mol. The Bertz CT molecular complexity index is 1570. The van der Waals surface area contributed by atoms with E-state index in [1.165, 1.54) is 95.2 Å². The second-order valence-electron chi connectivity index (χ2n) is 11.8. The van der Waals surface area contributed by atoms with Gasteiger partial charge in [0.25, 0.3) is 0 Å². The number of nitrogens with one attached hydrogen (secondary N) is 3. The van der Waals surface area contributed by atoms with Gasteiger partial charge in [-0.25, -0.2) is 21.6 Å². The number of aromatic carboxylic acids is 1. The van der Waals surface area contributed by atoms with Crippen LogP contribution in [0.5, 0.6) is 0 Å². The molecule has 4 N–H and O–H groups in total. The summed E-state index contributed by atoms with van der Waals surface area (Å²) in [5.41, 5.74) is 2.59. The molecule has 2 aromatic carbocycles. The highest BCUT2D eigenvalue weighted by molar-refractivity contribution is 7.93. The van der Waals surface area contributed by atoms with E-state index in [2.05, 4.69) is 21.7 Å². The molecule has 0 spiro atoms. The summed E-state index contributed by atoms with van der Waals surface area (Å²) in [6.45, 7) is 9.73. The summed E-state index contributed by atoms with van der Waals surface area (Å²) >= 11 is 1.39. The minimum Gasteiger partial charge on any atom is -0.478 e. The Balaban J connectivity index is 0.000000521. The Hall–Kier alpha value is -2.93. The maximum absolute atomic E-state index is 12.5. The number of unbranched alkanes of at least 4 members (excludes halogenated alkanes) is 7. The highest BCUT2D eigenvalue weighted by Crippen LogP contribution is 2.37. The van der Waals surface area contributed by atoms with Crippen LogP contribution in [0.1, 0.15) is 96.3 Å². The Labute approximate surface area is 280 Å². The number of hydrogen-bond donors (Lipinski definition) is 4. The number of carboxylic acid groups (broad SMARTS) is 1. The average molecular weight is 694 g/mol. The molecule has 1 aromatic heterocycles. The zero-order valence-electron chi connectivity index (χ0n) is 27.9. The van der Waals surface area contributed by atoms with Gasteiger partial charge in [-0.3, -0.25) is 9.44 Å². The van der Waals surface area contributed by atoms with Crippen molar-refractivity contribution in [3.8, 4) is 21.6 Å². The van der Waals surface area contributed by atoms with E-state index < -0.39 is 36.5 Å². The number of sulfonamides is 2. The van der Waals surface area contributed by atoms with Crippen LogP contribution >= 0.6 is 11.3 Å². The summed E-state index contributed by atoms with van der Waals surface area (Å²) in [6.07, 6.45) is 11.3. The smallest absolute Gasteiger partial charge is 0.335 e. The van der Waals surface area contributed by atoms with Gasteiger partial charge in [0.05, 0.1) is 32.3 Å². The second-order valence-corrected chi connectivity index (χ2v) is 17.2. The lowest BCUT2D eigenvalue weighted by Crippen LogP contribution is -2.23. The first kappa shape index (κ1) is 39.2. The quantitative estimate of drug-likeness (QED) is 0.0980. The van der Waals surface area contributed by atoms with Crippen molar-refractivity contribution in [1.29, 1.82) is 0 Å². The summed E-state index contributed by atoms with van der Waals surface area (Å²) in [7, 11) is -5.18. The first-order valence-corrected chi connectivity index (χ1v) is 19.9. The van der Waals surface area contributed by atoms with Crippen LogP contribution in [-0.4, -0.2) is 52.0 Å². The van der Waals surface area contributed by atoms with E-state index in [4.69, 9.17) is 0 Å². The summed E-state index contributed by atoms with van der Waals surface area (Å²) in [6, 6.07) is 13.1. The monoisotopic (exact) mass is 693 g/mol. The molecule has 0 bridgehead atoms. The van der Waals surface area contributed by atoms with Crippen molar-refractivity contribution < 1.29 is 26.7 Å². The van der Waals surface area contributed by atoms with Crippen molar-refractivity contribution >= 4 is 48.7 Å². The zero-order chi connectivity index (χ0) is 34.3. The van der Waals surface area contributed by atoms with Gasteiger partial charge in [0.1, 0.15) is 0 Å². The van der Waals surface area contributed by atoms with E-state index in [1.807, 2.05) is 7.05 Å². The molecule has 256 valence electrons. The van der Waals surface area contributed by atoms with Crippen molar-refractivity contribution in [2.24, 2.45) is 0 Å². The van der Waals surface area contributed by atoms with Crippen LogP contribution in [0.25, 0.3) is 21.6 Å². The molecule has 0 fully saturated rings. The lowest BCUT2D eigenvalue weighted by Gasteiger charge is -2.16. The molecule has 0 aliphatic heterocycles. The van der Waals surface area contributed by atoms with E-state index in [0.717, 1.165) is 10.4 Å². The van der Waals surface area contributed by atoms with Crippen LogP contribution in [0.4, 0.5) is 11.4 Å². The zero-order valence-corrected chi connectivity index (χ0v) is 30.4. The van der Waals surface area contributed by atoms with Crippen molar-refractivity contribution in [2.45, 2.75) is 96.5 Å². The molecule has 0 saturated carbocycles. The Morgan fingerprint density at radius 2 is 1.26 bits per heavy atom. The molecule has 12 heteroatoms. The van der Waals surface area contributed by atoms with E-state index in [1.54, 1.807) is 55.6 Å². The van der Waals surface area contributed by atoms with E-state index >= 15 is 0 Å². The second kappa shape index (κ2) is 19.0. The fourth-order valence-corrected chi connectivity index (χ4v) is 6.75. The maximum Gasteiger partial charge on any atom is 0.335 e. The number of benzene rings is 2. The van der Waals surface area contributed by atoms with Gasteiger partial charge in [-0.15, -0.1) is 11.3 Å². The van der Waals surface area contributed by atoms with Crippen molar-refractivity contribution in [3.63, 3.8) is 0 Å². The van der Waals surface area contributed by atoms with E-state index in [9.17, 15) is 26.7 Å². The van der Waals surface area contributed by atoms with Crippen LogP contribution in [0.3, 0.4) is 0 Å². The molecule has 9 nitrogen and oxygen atoms in total. The highest BCUT2D eigenvalue weighted by Gasteiger charge is 2.21. The molecule has 0 aliphatic rings. The lowest BCUT2D eigenvalue weighted by molar-refractivity contribution is 0.0697. The molecule has 0 amide bonds. The number of thiophene rings is 1. The molecule has 3 aromatic rings.